The van der Waals surface area contributed by atoms with E-state index in [1.807, 2.05) is 49.4 Å². The molecule has 0 fully saturated rings. The molecule has 0 amide bonds. The topological polar surface area (TPSA) is 49.2 Å². The maximum absolute atomic E-state index is 10.4. The molecule has 0 radical (unpaired) electrons. The van der Waals surface area contributed by atoms with E-state index in [1.54, 1.807) is 18.5 Å². The average Bonchev–Trinajstić information content (AvgIpc) is 2.61. The van der Waals surface area contributed by atoms with Crippen molar-refractivity contribution in [1.82, 2.24) is 14.9 Å². The van der Waals surface area contributed by atoms with E-state index < -0.39 is 0 Å². The molecule has 0 bridgehead atoms. The summed E-state index contributed by atoms with van der Waals surface area (Å²) in [5.74, 6) is 0.288. The molecule has 0 saturated carbocycles. The van der Waals surface area contributed by atoms with Crippen LogP contribution in [0.4, 0.5) is 0 Å². The summed E-state index contributed by atoms with van der Waals surface area (Å²) in [5.41, 5.74) is 3.52. The molecule has 2 heterocycles. The van der Waals surface area contributed by atoms with Gasteiger partial charge in [0, 0.05) is 42.6 Å². The van der Waals surface area contributed by atoms with Gasteiger partial charge < -0.3 is 5.11 Å². The van der Waals surface area contributed by atoms with Gasteiger partial charge in [-0.25, -0.2) is 0 Å². The van der Waals surface area contributed by atoms with E-state index >= 15 is 0 Å². The highest BCUT2D eigenvalue weighted by Crippen LogP contribution is 2.28. The lowest BCUT2D eigenvalue weighted by Crippen LogP contribution is -2.23. The van der Waals surface area contributed by atoms with Crippen molar-refractivity contribution in [3.05, 3.63) is 88.5 Å². The number of benzene rings is 1. The summed E-state index contributed by atoms with van der Waals surface area (Å²) in [5, 5.41) is 11.0. The van der Waals surface area contributed by atoms with E-state index in [-0.39, 0.29) is 5.75 Å². The van der Waals surface area contributed by atoms with Crippen LogP contribution in [0.25, 0.3) is 0 Å². The third kappa shape index (κ3) is 4.78. The van der Waals surface area contributed by atoms with Crippen LogP contribution in [0.5, 0.6) is 5.75 Å². The number of hydrogen-bond donors (Lipinski definition) is 1. The molecule has 128 valence electrons. The van der Waals surface area contributed by atoms with Crippen molar-refractivity contribution in [2.75, 3.05) is 0 Å². The zero-order chi connectivity index (χ0) is 17.6. The number of phenols is 1. The monoisotopic (exact) mass is 353 g/mol. The predicted octanol–water partition coefficient (Wildman–Crippen LogP) is 4.35. The van der Waals surface area contributed by atoms with Crippen LogP contribution in [0.3, 0.4) is 0 Å². The SMILES string of the molecule is Cc1cc(Cl)cc(CN(Cc2ccccn2)Cc2ccccn2)c1O. The smallest absolute Gasteiger partial charge is 0.123 e. The van der Waals surface area contributed by atoms with Crippen molar-refractivity contribution in [2.24, 2.45) is 0 Å². The standard InChI is InChI=1S/C20H20ClN3O/c1-15-10-17(21)11-16(20(15)25)12-24(13-18-6-2-4-8-22-18)14-19-7-3-5-9-23-19/h2-11,25H,12-14H2,1H3. The Balaban J connectivity index is 1.85. The van der Waals surface area contributed by atoms with Gasteiger partial charge in [-0.1, -0.05) is 23.7 Å². The highest BCUT2D eigenvalue weighted by Gasteiger charge is 2.14. The van der Waals surface area contributed by atoms with Gasteiger partial charge in [-0.15, -0.1) is 0 Å². The molecular weight excluding hydrogens is 334 g/mol. The first-order valence-electron chi connectivity index (χ1n) is 8.12. The van der Waals surface area contributed by atoms with Crippen molar-refractivity contribution < 1.29 is 5.11 Å². The first-order chi connectivity index (χ1) is 12.1. The number of pyridine rings is 2. The Bertz CT molecular complexity index is 784. The van der Waals surface area contributed by atoms with E-state index in [1.165, 1.54) is 0 Å². The van der Waals surface area contributed by atoms with Gasteiger partial charge in [-0.3, -0.25) is 14.9 Å². The number of nitrogens with zero attached hydrogens (tertiary/aromatic N) is 3. The minimum atomic E-state index is 0.288. The van der Waals surface area contributed by atoms with Crippen LogP contribution >= 0.6 is 11.6 Å². The van der Waals surface area contributed by atoms with Crippen molar-refractivity contribution in [1.29, 1.82) is 0 Å². The Hall–Kier alpha value is -2.43. The minimum Gasteiger partial charge on any atom is -0.507 e. The van der Waals surface area contributed by atoms with Crippen LogP contribution in [-0.4, -0.2) is 20.0 Å². The highest BCUT2D eigenvalue weighted by molar-refractivity contribution is 6.30. The summed E-state index contributed by atoms with van der Waals surface area (Å²) in [4.78, 5) is 11.0. The van der Waals surface area contributed by atoms with E-state index in [4.69, 9.17) is 11.6 Å². The number of aromatic nitrogens is 2. The summed E-state index contributed by atoms with van der Waals surface area (Å²) in [6.07, 6.45) is 3.57. The maximum atomic E-state index is 10.4. The second kappa shape index (κ2) is 8.10. The van der Waals surface area contributed by atoms with Gasteiger partial charge in [-0.2, -0.15) is 0 Å². The Labute approximate surface area is 152 Å². The van der Waals surface area contributed by atoms with Crippen LogP contribution in [0, 0.1) is 6.92 Å². The molecule has 3 aromatic rings. The number of phenolic OH excluding ortho intramolecular Hbond substituents is 1. The first kappa shape index (κ1) is 17.4. The summed E-state index contributed by atoms with van der Waals surface area (Å²) in [6, 6.07) is 15.3. The number of halogens is 1. The van der Waals surface area contributed by atoms with E-state index in [2.05, 4.69) is 14.9 Å². The Morgan fingerprint density at radius 3 is 2.04 bits per heavy atom. The van der Waals surface area contributed by atoms with Gasteiger partial charge in [0.2, 0.25) is 0 Å². The molecule has 2 aromatic heterocycles. The summed E-state index contributed by atoms with van der Waals surface area (Å²) < 4.78 is 0. The second-order valence-corrected chi connectivity index (χ2v) is 6.45. The molecule has 0 atom stereocenters. The van der Waals surface area contributed by atoms with Crippen LogP contribution in [0.15, 0.2) is 60.9 Å². The second-order valence-electron chi connectivity index (χ2n) is 6.02. The molecule has 1 aromatic carbocycles. The molecular formula is C20H20ClN3O. The number of aryl methyl sites for hydroxylation is 1. The van der Waals surface area contributed by atoms with Crippen LogP contribution in [0.1, 0.15) is 22.5 Å². The summed E-state index contributed by atoms with van der Waals surface area (Å²) in [6.45, 7) is 3.72. The summed E-state index contributed by atoms with van der Waals surface area (Å²) >= 11 is 6.17. The number of aromatic hydroxyl groups is 1. The predicted molar refractivity (Wildman–Crippen MR) is 99.3 cm³/mol. The molecule has 0 aliphatic heterocycles. The Morgan fingerprint density at radius 1 is 0.920 bits per heavy atom. The zero-order valence-electron chi connectivity index (χ0n) is 14.1. The van der Waals surface area contributed by atoms with Crippen LogP contribution < -0.4 is 0 Å². The largest absolute Gasteiger partial charge is 0.507 e. The molecule has 1 N–H and O–H groups in total. The molecule has 4 nitrogen and oxygen atoms in total. The molecule has 0 spiro atoms. The van der Waals surface area contributed by atoms with Crippen molar-refractivity contribution in [3.8, 4) is 5.75 Å². The van der Waals surface area contributed by atoms with Crippen molar-refractivity contribution in [3.63, 3.8) is 0 Å². The van der Waals surface area contributed by atoms with Gasteiger partial charge >= 0.3 is 0 Å². The van der Waals surface area contributed by atoms with Gasteiger partial charge in [0.25, 0.3) is 0 Å². The van der Waals surface area contributed by atoms with Gasteiger partial charge in [-0.05, 0) is 48.9 Å². The van der Waals surface area contributed by atoms with Crippen LogP contribution in [0.2, 0.25) is 5.02 Å². The average molecular weight is 354 g/mol. The van der Waals surface area contributed by atoms with Gasteiger partial charge in [0.05, 0.1) is 11.4 Å². The molecule has 25 heavy (non-hydrogen) atoms. The van der Waals surface area contributed by atoms with Gasteiger partial charge in [0.15, 0.2) is 0 Å². The van der Waals surface area contributed by atoms with E-state index in [9.17, 15) is 5.11 Å². The first-order valence-corrected chi connectivity index (χ1v) is 8.50. The fourth-order valence-corrected chi connectivity index (χ4v) is 3.07. The molecule has 0 aliphatic carbocycles. The molecule has 3 rings (SSSR count). The van der Waals surface area contributed by atoms with Gasteiger partial charge in [0.1, 0.15) is 5.75 Å². The normalized spacial score (nSPS) is 11.0. The third-order valence-corrected chi connectivity index (χ3v) is 4.18. The fraction of sp³-hybridized carbons (Fsp3) is 0.200. The summed E-state index contributed by atoms with van der Waals surface area (Å²) in [7, 11) is 0. The van der Waals surface area contributed by atoms with Crippen molar-refractivity contribution in [2.45, 2.75) is 26.6 Å². The highest BCUT2D eigenvalue weighted by atomic mass is 35.5. The van der Waals surface area contributed by atoms with E-state index in [0.717, 1.165) is 22.5 Å². The lowest BCUT2D eigenvalue weighted by Gasteiger charge is -2.23. The molecule has 0 aliphatic rings. The van der Waals surface area contributed by atoms with Crippen LogP contribution in [-0.2, 0) is 19.6 Å². The molecule has 0 saturated heterocycles. The Kier molecular flexibility index (Phi) is 5.64. The van der Waals surface area contributed by atoms with Crippen molar-refractivity contribution >= 4 is 11.6 Å². The zero-order valence-corrected chi connectivity index (χ0v) is 14.8. The Morgan fingerprint density at radius 2 is 1.52 bits per heavy atom. The quantitative estimate of drug-likeness (QED) is 0.716. The molecule has 5 heteroatoms. The van der Waals surface area contributed by atoms with E-state index in [0.29, 0.717) is 24.7 Å². The number of rotatable bonds is 6. The fourth-order valence-electron chi connectivity index (χ4n) is 2.78. The maximum Gasteiger partial charge on any atom is 0.123 e. The minimum absolute atomic E-state index is 0.288. The molecule has 0 unspecified atom stereocenters. The number of hydrogen-bond acceptors (Lipinski definition) is 4. The lowest BCUT2D eigenvalue weighted by atomic mass is 10.1. The lowest BCUT2D eigenvalue weighted by molar-refractivity contribution is 0.238. The third-order valence-electron chi connectivity index (χ3n) is 3.96.